The standard InChI is InChI=1S/C16H14Cl2N4O/c17-11-3-6-16(20-9-11)23-12-2-1-7-22(10-12)15-5-4-13(18)14(8-19)21-15/h3-6,9,12H,1-2,7,10H2. The summed E-state index contributed by atoms with van der Waals surface area (Å²) in [6, 6.07) is 9.05. The molecule has 0 bridgehead atoms. The Balaban J connectivity index is 1.71. The van der Waals surface area contributed by atoms with Gasteiger partial charge in [-0.2, -0.15) is 5.26 Å². The number of rotatable bonds is 3. The number of nitriles is 1. The molecule has 0 aliphatic carbocycles. The smallest absolute Gasteiger partial charge is 0.213 e. The zero-order chi connectivity index (χ0) is 16.2. The molecule has 0 radical (unpaired) electrons. The molecule has 0 spiro atoms. The molecule has 1 aliphatic heterocycles. The first-order chi connectivity index (χ1) is 11.2. The van der Waals surface area contributed by atoms with Gasteiger partial charge in [-0.3, -0.25) is 0 Å². The Labute approximate surface area is 144 Å². The molecule has 3 rings (SSSR count). The minimum absolute atomic E-state index is 0.0143. The first-order valence-electron chi connectivity index (χ1n) is 7.25. The van der Waals surface area contributed by atoms with Crippen LogP contribution < -0.4 is 9.64 Å². The van der Waals surface area contributed by atoms with Crippen molar-refractivity contribution in [3.8, 4) is 11.9 Å². The number of nitrogens with zero attached hydrogens (tertiary/aromatic N) is 4. The van der Waals surface area contributed by atoms with Gasteiger partial charge >= 0.3 is 0 Å². The quantitative estimate of drug-likeness (QED) is 0.846. The predicted octanol–water partition coefficient (Wildman–Crippen LogP) is 3.70. The van der Waals surface area contributed by atoms with Crippen molar-refractivity contribution in [2.45, 2.75) is 18.9 Å². The van der Waals surface area contributed by atoms with Crippen LogP contribution in [0.3, 0.4) is 0 Å². The van der Waals surface area contributed by atoms with Crippen molar-refractivity contribution in [2.24, 2.45) is 0 Å². The van der Waals surface area contributed by atoms with Crippen LogP contribution in [0.4, 0.5) is 5.82 Å². The summed E-state index contributed by atoms with van der Waals surface area (Å²) in [5, 5.41) is 10.00. The van der Waals surface area contributed by atoms with Gasteiger partial charge < -0.3 is 9.64 Å². The van der Waals surface area contributed by atoms with Crippen LogP contribution in [-0.2, 0) is 0 Å². The van der Waals surface area contributed by atoms with E-state index in [2.05, 4.69) is 14.9 Å². The van der Waals surface area contributed by atoms with Crippen molar-refractivity contribution in [3.05, 3.63) is 46.2 Å². The van der Waals surface area contributed by atoms with Crippen molar-refractivity contribution in [3.63, 3.8) is 0 Å². The molecule has 1 unspecified atom stereocenters. The maximum Gasteiger partial charge on any atom is 0.213 e. The molecule has 0 saturated carbocycles. The molecule has 2 aromatic rings. The summed E-state index contributed by atoms with van der Waals surface area (Å²) in [7, 11) is 0. The SMILES string of the molecule is N#Cc1nc(N2CCCC(Oc3ccc(Cl)cn3)C2)ccc1Cl. The second-order valence-electron chi connectivity index (χ2n) is 5.25. The van der Waals surface area contributed by atoms with Gasteiger partial charge in [0.1, 0.15) is 18.0 Å². The number of ether oxygens (including phenoxy) is 1. The summed E-state index contributed by atoms with van der Waals surface area (Å²) in [5.74, 6) is 1.30. The lowest BCUT2D eigenvalue weighted by molar-refractivity contribution is 0.172. The van der Waals surface area contributed by atoms with Crippen LogP contribution in [-0.4, -0.2) is 29.2 Å². The zero-order valence-electron chi connectivity index (χ0n) is 12.2. The summed E-state index contributed by atoms with van der Waals surface area (Å²) < 4.78 is 5.91. The van der Waals surface area contributed by atoms with Gasteiger partial charge in [-0.15, -0.1) is 0 Å². The van der Waals surface area contributed by atoms with Crippen molar-refractivity contribution >= 4 is 29.0 Å². The van der Waals surface area contributed by atoms with Crippen LogP contribution >= 0.6 is 23.2 Å². The molecular formula is C16H14Cl2N4O. The lowest BCUT2D eigenvalue weighted by atomic mass is 10.1. The van der Waals surface area contributed by atoms with Crippen molar-refractivity contribution in [1.29, 1.82) is 5.26 Å². The third-order valence-electron chi connectivity index (χ3n) is 3.63. The molecular weight excluding hydrogens is 335 g/mol. The van der Waals surface area contributed by atoms with E-state index in [9.17, 15) is 0 Å². The number of aromatic nitrogens is 2. The number of pyridine rings is 2. The Morgan fingerprint density at radius 3 is 2.87 bits per heavy atom. The second kappa shape index (κ2) is 7.03. The van der Waals surface area contributed by atoms with E-state index in [0.717, 1.165) is 25.2 Å². The summed E-state index contributed by atoms with van der Waals surface area (Å²) in [4.78, 5) is 10.6. The fraction of sp³-hybridized carbons (Fsp3) is 0.312. The first-order valence-corrected chi connectivity index (χ1v) is 8.01. The van der Waals surface area contributed by atoms with Crippen molar-refractivity contribution < 1.29 is 4.74 Å². The fourth-order valence-electron chi connectivity index (χ4n) is 2.53. The monoisotopic (exact) mass is 348 g/mol. The van der Waals surface area contributed by atoms with E-state index in [1.807, 2.05) is 12.1 Å². The molecule has 1 atom stereocenters. The average Bonchev–Trinajstić information content (AvgIpc) is 2.58. The minimum Gasteiger partial charge on any atom is -0.472 e. The number of anilines is 1. The van der Waals surface area contributed by atoms with Gasteiger partial charge in [-0.1, -0.05) is 23.2 Å². The Hall–Kier alpha value is -2.03. The zero-order valence-corrected chi connectivity index (χ0v) is 13.8. The van der Waals surface area contributed by atoms with E-state index in [0.29, 0.717) is 22.5 Å². The molecule has 0 amide bonds. The molecule has 23 heavy (non-hydrogen) atoms. The average molecular weight is 349 g/mol. The van der Waals surface area contributed by atoms with Crippen LogP contribution in [0.25, 0.3) is 0 Å². The normalized spacial score (nSPS) is 17.6. The van der Waals surface area contributed by atoms with Gasteiger partial charge in [-0.25, -0.2) is 9.97 Å². The number of piperidine rings is 1. The fourth-order valence-corrected chi connectivity index (χ4v) is 2.79. The van der Waals surface area contributed by atoms with E-state index < -0.39 is 0 Å². The maximum atomic E-state index is 9.05. The number of hydrogen-bond acceptors (Lipinski definition) is 5. The molecule has 3 heterocycles. The van der Waals surface area contributed by atoms with Gasteiger partial charge in [-0.05, 0) is 31.0 Å². The summed E-state index contributed by atoms with van der Waals surface area (Å²) in [6.07, 6.45) is 3.50. The van der Waals surface area contributed by atoms with E-state index in [1.165, 1.54) is 0 Å². The molecule has 0 aromatic carbocycles. The summed E-state index contributed by atoms with van der Waals surface area (Å²) in [5.41, 5.74) is 0.242. The highest BCUT2D eigenvalue weighted by molar-refractivity contribution is 6.31. The van der Waals surface area contributed by atoms with E-state index in [1.54, 1.807) is 24.4 Å². The lowest BCUT2D eigenvalue weighted by Crippen LogP contribution is -2.41. The van der Waals surface area contributed by atoms with Crippen LogP contribution in [0.2, 0.25) is 10.0 Å². The van der Waals surface area contributed by atoms with Crippen molar-refractivity contribution in [2.75, 3.05) is 18.0 Å². The molecule has 118 valence electrons. The lowest BCUT2D eigenvalue weighted by Gasteiger charge is -2.33. The molecule has 7 heteroatoms. The number of halogens is 2. The summed E-state index contributed by atoms with van der Waals surface area (Å²) in [6.45, 7) is 1.55. The van der Waals surface area contributed by atoms with Crippen LogP contribution in [0, 0.1) is 11.3 Å². The van der Waals surface area contributed by atoms with Gasteiger partial charge in [0.15, 0.2) is 5.69 Å². The highest BCUT2D eigenvalue weighted by Gasteiger charge is 2.23. The van der Waals surface area contributed by atoms with Crippen LogP contribution in [0.15, 0.2) is 30.5 Å². The van der Waals surface area contributed by atoms with Crippen molar-refractivity contribution in [1.82, 2.24) is 9.97 Å². The maximum absolute atomic E-state index is 9.05. The van der Waals surface area contributed by atoms with E-state index >= 15 is 0 Å². The Bertz CT molecular complexity index is 730. The molecule has 1 saturated heterocycles. The van der Waals surface area contributed by atoms with Crippen LogP contribution in [0.1, 0.15) is 18.5 Å². The van der Waals surface area contributed by atoms with Gasteiger partial charge in [0, 0.05) is 18.8 Å². The first kappa shape index (κ1) is 15.9. The largest absolute Gasteiger partial charge is 0.472 e. The Kier molecular flexibility index (Phi) is 4.85. The summed E-state index contributed by atoms with van der Waals surface area (Å²) >= 11 is 11.8. The molecule has 5 nitrogen and oxygen atoms in total. The second-order valence-corrected chi connectivity index (χ2v) is 6.10. The third kappa shape index (κ3) is 3.84. The predicted molar refractivity (Wildman–Crippen MR) is 89.1 cm³/mol. The Morgan fingerprint density at radius 1 is 1.26 bits per heavy atom. The van der Waals surface area contributed by atoms with E-state index in [-0.39, 0.29) is 11.8 Å². The molecule has 0 N–H and O–H groups in total. The van der Waals surface area contributed by atoms with Gasteiger partial charge in [0.2, 0.25) is 5.88 Å². The topological polar surface area (TPSA) is 62.0 Å². The third-order valence-corrected chi connectivity index (χ3v) is 4.16. The molecule has 1 aliphatic rings. The highest BCUT2D eigenvalue weighted by atomic mass is 35.5. The Morgan fingerprint density at radius 2 is 2.13 bits per heavy atom. The molecule has 1 fully saturated rings. The highest BCUT2D eigenvalue weighted by Crippen LogP contribution is 2.24. The molecule has 2 aromatic heterocycles. The number of hydrogen-bond donors (Lipinski definition) is 0. The van der Waals surface area contributed by atoms with E-state index in [4.69, 9.17) is 33.2 Å². The van der Waals surface area contributed by atoms with Gasteiger partial charge in [0.05, 0.1) is 16.6 Å². The van der Waals surface area contributed by atoms with Gasteiger partial charge in [0.25, 0.3) is 0 Å². The van der Waals surface area contributed by atoms with Crippen LogP contribution in [0.5, 0.6) is 5.88 Å². The minimum atomic E-state index is 0.0143.